The molecule has 1 atom stereocenters. The van der Waals surface area contributed by atoms with Crippen molar-refractivity contribution in [2.75, 3.05) is 19.7 Å². The fourth-order valence-corrected chi connectivity index (χ4v) is 2.53. The summed E-state index contributed by atoms with van der Waals surface area (Å²) in [4.78, 5) is 17.1. The van der Waals surface area contributed by atoms with Crippen LogP contribution >= 0.6 is 0 Å². The highest BCUT2D eigenvalue weighted by Crippen LogP contribution is 2.16. The Morgan fingerprint density at radius 2 is 2.45 bits per heavy atom. The predicted molar refractivity (Wildman–Crippen MR) is 75.7 cm³/mol. The molecular formula is C15H22N2O3. The highest BCUT2D eigenvalue weighted by Gasteiger charge is 2.20. The van der Waals surface area contributed by atoms with Crippen LogP contribution in [0.4, 0.5) is 0 Å². The molecule has 20 heavy (non-hydrogen) atoms. The largest absolute Gasteiger partial charge is 0.477 e. The summed E-state index contributed by atoms with van der Waals surface area (Å²) in [5.74, 6) is -0.977. The normalized spacial score (nSPS) is 19.9. The summed E-state index contributed by atoms with van der Waals surface area (Å²) in [5.41, 5.74) is 1.10. The maximum Gasteiger partial charge on any atom is 0.354 e. The van der Waals surface area contributed by atoms with Crippen LogP contribution in [0.25, 0.3) is 0 Å². The first-order valence-corrected chi connectivity index (χ1v) is 7.21. The molecule has 1 fully saturated rings. The molecule has 0 bridgehead atoms. The van der Waals surface area contributed by atoms with E-state index in [9.17, 15) is 4.79 Å². The van der Waals surface area contributed by atoms with Gasteiger partial charge in [-0.05, 0) is 43.5 Å². The van der Waals surface area contributed by atoms with Crippen molar-refractivity contribution in [3.05, 3.63) is 29.6 Å². The standard InChI is InChI=1S/C15H22N2O3/c1-2-8-20-13-4-3-7-17(11-13)10-12-5-6-16-14(9-12)15(18)19/h5-6,9,13H,2-4,7-8,10-11H2,1H3,(H,18,19). The second-order valence-corrected chi connectivity index (χ2v) is 5.22. The van der Waals surface area contributed by atoms with Crippen LogP contribution in [0, 0.1) is 0 Å². The zero-order valence-electron chi connectivity index (χ0n) is 11.9. The van der Waals surface area contributed by atoms with Gasteiger partial charge >= 0.3 is 5.97 Å². The van der Waals surface area contributed by atoms with Crippen LogP contribution in [-0.2, 0) is 11.3 Å². The van der Waals surface area contributed by atoms with Crippen molar-refractivity contribution in [3.63, 3.8) is 0 Å². The van der Waals surface area contributed by atoms with Crippen LogP contribution in [0.15, 0.2) is 18.3 Å². The number of ether oxygens (including phenoxy) is 1. The molecule has 0 spiro atoms. The Morgan fingerprint density at radius 3 is 3.20 bits per heavy atom. The van der Waals surface area contributed by atoms with E-state index in [1.165, 1.54) is 0 Å². The molecule has 1 saturated heterocycles. The molecule has 5 heteroatoms. The quantitative estimate of drug-likeness (QED) is 0.864. The summed E-state index contributed by atoms with van der Waals surface area (Å²) in [6, 6.07) is 3.53. The SMILES string of the molecule is CCCOC1CCCN(Cc2ccnc(C(=O)O)c2)C1. The van der Waals surface area contributed by atoms with Crippen molar-refractivity contribution in [3.8, 4) is 0 Å². The third-order valence-corrected chi connectivity index (χ3v) is 3.47. The number of likely N-dealkylation sites (tertiary alicyclic amines) is 1. The summed E-state index contributed by atoms with van der Waals surface area (Å²) < 4.78 is 5.81. The third kappa shape index (κ3) is 4.28. The second-order valence-electron chi connectivity index (χ2n) is 5.22. The van der Waals surface area contributed by atoms with Crippen LogP contribution in [-0.4, -0.2) is 46.8 Å². The molecule has 0 aromatic carbocycles. The molecule has 110 valence electrons. The molecule has 0 aliphatic carbocycles. The van der Waals surface area contributed by atoms with Gasteiger partial charge in [-0.2, -0.15) is 0 Å². The fraction of sp³-hybridized carbons (Fsp3) is 0.600. The number of carboxylic acid groups (broad SMARTS) is 1. The number of carboxylic acids is 1. The number of pyridine rings is 1. The first-order valence-electron chi connectivity index (χ1n) is 7.21. The molecular weight excluding hydrogens is 256 g/mol. The van der Waals surface area contributed by atoms with Crippen molar-refractivity contribution in [1.29, 1.82) is 0 Å². The molecule has 1 aromatic rings. The van der Waals surface area contributed by atoms with Gasteiger partial charge in [-0.15, -0.1) is 0 Å². The monoisotopic (exact) mass is 278 g/mol. The van der Waals surface area contributed by atoms with Gasteiger partial charge in [0.05, 0.1) is 6.10 Å². The molecule has 0 saturated carbocycles. The Morgan fingerprint density at radius 1 is 1.60 bits per heavy atom. The lowest BCUT2D eigenvalue weighted by atomic mass is 10.1. The van der Waals surface area contributed by atoms with Crippen LogP contribution in [0.5, 0.6) is 0 Å². The van der Waals surface area contributed by atoms with E-state index in [0.29, 0.717) is 6.10 Å². The van der Waals surface area contributed by atoms with Crippen molar-refractivity contribution in [1.82, 2.24) is 9.88 Å². The third-order valence-electron chi connectivity index (χ3n) is 3.47. The van der Waals surface area contributed by atoms with Gasteiger partial charge in [0.1, 0.15) is 5.69 Å². The highest BCUT2D eigenvalue weighted by atomic mass is 16.5. The van der Waals surface area contributed by atoms with Crippen LogP contribution in [0.2, 0.25) is 0 Å². The smallest absolute Gasteiger partial charge is 0.354 e. The van der Waals surface area contributed by atoms with Crippen molar-refractivity contribution in [2.24, 2.45) is 0 Å². The Balaban J connectivity index is 1.92. The van der Waals surface area contributed by atoms with E-state index in [1.54, 1.807) is 12.3 Å². The molecule has 1 aromatic heterocycles. The van der Waals surface area contributed by atoms with E-state index in [4.69, 9.17) is 9.84 Å². The highest BCUT2D eigenvalue weighted by molar-refractivity contribution is 5.85. The van der Waals surface area contributed by atoms with Gasteiger partial charge in [0, 0.05) is 25.9 Å². The number of aromatic nitrogens is 1. The summed E-state index contributed by atoms with van der Waals surface area (Å²) in [5, 5.41) is 8.96. The van der Waals surface area contributed by atoms with E-state index < -0.39 is 5.97 Å². The summed E-state index contributed by atoms with van der Waals surface area (Å²) in [6.45, 7) is 5.65. The molecule has 1 aliphatic rings. The Labute approximate surface area is 119 Å². The van der Waals surface area contributed by atoms with Crippen molar-refractivity contribution >= 4 is 5.97 Å². The van der Waals surface area contributed by atoms with Crippen LogP contribution in [0.3, 0.4) is 0 Å². The maximum atomic E-state index is 10.9. The average molecular weight is 278 g/mol. The maximum absolute atomic E-state index is 10.9. The van der Waals surface area contributed by atoms with E-state index >= 15 is 0 Å². The Kier molecular flexibility index (Phi) is 5.49. The van der Waals surface area contributed by atoms with E-state index in [1.807, 2.05) is 6.07 Å². The number of hydrogen-bond acceptors (Lipinski definition) is 4. The molecule has 1 N–H and O–H groups in total. The lowest BCUT2D eigenvalue weighted by molar-refractivity contribution is -0.00224. The zero-order chi connectivity index (χ0) is 14.4. The summed E-state index contributed by atoms with van der Waals surface area (Å²) in [6.07, 6.45) is 5.17. The van der Waals surface area contributed by atoms with E-state index in [-0.39, 0.29) is 5.69 Å². The Bertz CT molecular complexity index is 450. The minimum absolute atomic E-state index is 0.110. The van der Waals surface area contributed by atoms with Gasteiger partial charge in [-0.3, -0.25) is 4.90 Å². The van der Waals surface area contributed by atoms with Gasteiger partial charge in [0.15, 0.2) is 0 Å². The molecule has 5 nitrogen and oxygen atoms in total. The van der Waals surface area contributed by atoms with Gasteiger partial charge < -0.3 is 9.84 Å². The Hall–Kier alpha value is -1.46. The minimum Gasteiger partial charge on any atom is -0.477 e. The molecule has 1 unspecified atom stereocenters. The van der Waals surface area contributed by atoms with Gasteiger partial charge in [-0.25, -0.2) is 9.78 Å². The van der Waals surface area contributed by atoms with Crippen LogP contribution < -0.4 is 0 Å². The lowest BCUT2D eigenvalue weighted by Crippen LogP contribution is -2.39. The molecule has 1 aliphatic heterocycles. The summed E-state index contributed by atoms with van der Waals surface area (Å²) in [7, 11) is 0. The van der Waals surface area contributed by atoms with Gasteiger partial charge in [0.2, 0.25) is 0 Å². The topological polar surface area (TPSA) is 62.7 Å². The van der Waals surface area contributed by atoms with Crippen molar-refractivity contribution < 1.29 is 14.6 Å². The van der Waals surface area contributed by atoms with Crippen LogP contribution in [0.1, 0.15) is 42.2 Å². The van der Waals surface area contributed by atoms with Crippen molar-refractivity contribution in [2.45, 2.75) is 38.8 Å². The average Bonchev–Trinajstić information content (AvgIpc) is 2.46. The molecule has 2 rings (SSSR count). The fourth-order valence-electron chi connectivity index (χ4n) is 2.53. The number of hydrogen-bond donors (Lipinski definition) is 1. The minimum atomic E-state index is -0.977. The first-order chi connectivity index (χ1) is 9.69. The first kappa shape index (κ1) is 14.9. The second kappa shape index (κ2) is 7.36. The molecule has 0 radical (unpaired) electrons. The van der Waals surface area contributed by atoms with E-state index in [0.717, 1.165) is 51.1 Å². The number of rotatable bonds is 6. The zero-order valence-corrected chi connectivity index (χ0v) is 11.9. The van der Waals surface area contributed by atoms with Gasteiger partial charge in [-0.1, -0.05) is 6.92 Å². The number of aromatic carboxylic acids is 1. The predicted octanol–water partition coefficient (Wildman–Crippen LogP) is 2.17. The number of carbonyl (C=O) groups is 1. The van der Waals surface area contributed by atoms with Gasteiger partial charge in [0.25, 0.3) is 0 Å². The van der Waals surface area contributed by atoms with E-state index in [2.05, 4.69) is 16.8 Å². The number of piperidine rings is 1. The molecule has 0 amide bonds. The summed E-state index contributed by atoms with van der Waals surface area (Å²) >= 11 is 0. The number of nitrogens with zero attached hydrogens (tertiary/aromatic N) is 2. The lowest BCUT2D eigenvalue weighted by Gasteiger charge is -2.32. The molecule has 2 heterocycles.